The molecule has 116 valence electrons. The fraction of sp³-hybridized carbons (Fsp3) is 0.500. The third kappa shape index (κ3) is 5.10. The van der Waals surface area contributed by atoms with Gasteiger partial charge in [-0.15, -0.1) is 0 Å². The van der Waals surface area contributed by atoms with E-state index in [4.69, 9.17) is 4.74 Å². The lowest BCUT2D eigenvalue weighted by Crippen LogP contribution is -2.46. The smallest absolute Gasteiger partial charge is 0.328 e. The molecule has 0 radical (unpaired) electrons. The maximum Gasteiger partial charge on any atom is 0.328 e. The van der Waals surface area contributed by atoms with Crippen molar-refractivity contribution in [2.45, 2.75) is 33.7 Å². The zero-order chi connectivity index (χ0) is 16.0. The summed E-state index contributed by atoms with van der Waals surface area (Å²) in [5.74, 6) is -0.184. The summed E-state index contributed by atoms with van der Waals surface area (Å²) >= 11 is 0. The van der Waals surface area contributed by atoms with Gasteiger partial charge in [0.05, 0.1) is 7.11 Å². The number of methoxy groups -OCH3 is 1. The number of aryl methyl sites for hydroxylation is 2. The molecule has 0 saturated carbocycles. The zero-order valence-corrected chi connectivity index (χ0v) is 13.2. The fourth-order valence-corrected chi connectivity index (χ4v) is 1.85. The summed E-state index contributed by atoms with van der Waals surface area (Å²) in [6, 6.07) is 5.13. The van der Waals surface area contributed by atoms with Crippen LogP contribution in [-0.2, 0) is 14.3 Å². The second-order valence-corrected chi connectivity index (χ2v) is 5.37. The molecule has 0 aliphatic rings. The highest BCUT2D eigenvalue weighted by molar-refractivity contribution is 5.85. The Morgan fingerprint density at radius 2 is 1.90 bits per heavy atom. The molecule has 5 nitrogen and oxygen atoms in total. The average Bonchev–Trinajstić information content (AvgIpc) is 2.44. The number of hydrogen-bond acceptors (Lipinski definition) is 4. The van der Waals surface area contributed by atoms with Gasteiger partial charge in [0, 0.05) is 0 Å². The SMILES string of the molecule is COC(=O)C(NC(=O)COc1cc(C)ccc1C)C(C)C. The minimum absolute atomic E-state index is 0.0536. The Kier molecular flexibility index (Phi) is 6.21. The van der Waals surface area contributed by atoms with E-state index in [1.54, 1.807) is 0 Å². The Labute approximate surface area is 125 Å². The molecule has 0 bridgehead atoms. The first-order valence-corrected chi connectivity index (χ1v) is 6.92. The molecule has 0 heterocycles. The van der Waals surface area contributed by atoms with E-state index in [-0.39, 0.29) is 18.4 Å². The van der Waals surface area contributed by atoms with Crippen molar-refractivity contribution in [2.75, 3.05) is 13.7 Å². The Morgan fingerprint density at radius 1 is 1.24 bits per heavy atom. The van der Waals surface area contributed by atoms with Gasteiger partial charge in [-0.3, -0.25) is 4.79 Å². The molecule has 1 N–H and O–H groups in total. The number of hydrogen-bond donors (Lipinski definition) is 1. The highest BCUT2D eigenvalue weighted by Gasteiger charge is 2.24. The topological polar surface area (TPSA) is 64.6 Å². The van der Waals surface area contributed by atoms with Gasteiger partial charge in [-0.25, -0.2) is 4.79 Å². The lowest BCUT2D eigenvalue weighted by atomic mass is 10.0. The van der Waals surface area contributed by atoms with Gasteiger partial charge in [-0.2, -0.15) is 0 Å². The first kappa shape index (κ1) is 17.0. The fourth-order valence-electron chi connectivity index (χ4n) is 1.85. The van der Waals surface area contributed by atoms with Crippen molar-refractivity contribution in [3.8, 4) is 5.75 Å². The lowest BCUT2D eigenvalue weighted by Gasteiger charge is -2.20. The number of nitrogens with one attached hydrogen (secondary N) is 1. The van der Waals surface area contributed by atoms with Crippen molar-refractivity contribution >= 4 is 11.9 Å². The van der Waals surface area contributed by atoms with Crippen LogP contribution >= 0.6 is 0 Å². The molecule has 1 aromatic carbocycles. The standard InChI is InChI=1S/C16H23NO4/c1-10(2)15(16(19)20-5)17-14(18)9-21-13-8-11(3)6-7-12(13)4/h6-8,10,15H,9H2,1-5H3,(H,17,18). The summed E-state index contributed by atoms with van der Waals surface area (Å²) in [6.45, 7) is 7.42. The van der Waals surface area contributed by atoms with Gasteiger partial charge in [0.15, 0.2) is 6.61 Å². The Bertz CT molecular complexity index is 511. The van der Waals surface area contributed by atoms with E-state index in [2.05, 4.69) is 10.1 Å². The third-order valence-electron chi connectivity index (χ3n) is 3.14. The van der Waals surface area contributed by atoms with Gasteiger partial charge in [0.2, 0.25) is 0 Å². The predicted molar refractivity (Wildman–Crippen MR) is 80.2 cm³/mol. The molecule has 0 spiro atoms. The monoisotopic (exact) mass is 293 g/mol. The van der Waals surface area contributed by atoms with Crippen LogP contribution in [-0.4, -0.2) is 31.6 Å². The van der Waals surface area contributed by atoms with Crippen LogP contribution in [0, 0.1) is 19.8 Å². The van der Waals surface area contributed by atoms with Crippen LogP contribution < -0.4 is 10.1 Å². The molecule has 21 heavy (non-hydrogen) atoms. The van der Waals surface area contributed by atoms with Gasteiger partial charge in [0.1, 0.15) is 11.8 Å². The van der Waals surface area contributed by atoms with Crippen LogP contribution in [0.2, 0.25) is 0 Å². The number of amides is 1. The molecule has 0 aliphatic carbocycles. The van der Waals surface area contributed by atoms with Gasteiger partial charge in [-0.05, 0) is 37.0 Å². The Morgan fingerprint density at radius 3 is 2.48 bits per heavy atom. The largest absolute Gasteiger partial charge is 0.483 e. The van der Waals surface area contributed by atoms with Crippen molar-refractivity contribution in [3.05, 3.63) is 29.3 Å². The Hall–Kier alpha value is -2.04. The first-order chi connectivity index (χ1) is 9.85. The summed E-state index contributed by atoms with van der Waals surface area (Å²) in [7, 11) is 1.30. The normalized spacial score (nSPS) is 11.9. The van der Waals surface area contributed by atoms with E-state index < -0.39 is 12.0 Å². The molecular formula is C16H23NO4. The number of ether oxygens (including phenoxy) is 2. The Balaban J connectivity index is 2.61. The van der Waals surface area contributed by atoms with Crippen molar-refractivity contribution in [3.63, 3.8) is 0 Å². The van der Waals surface area contributed by atoms with Crippen LogP contribution in [0.25, 0.3) is 0 Å². The highest BCUT2D eigenvalue weighted by atomic mass is 16.5. The molecular weight excluding hydrogens is 270 g/mol. The molecule has 0 aromatic heterocycles. The van der Waals surface area contributed by atoms with E-state index in [1.807, 2.05) is 45.9 Å². The van der Waals surface area contributed by atoms with E-state index in [1.165, 1.54) is 7.11 Å². The van der Waals surface area contributed by atoms with E-state index >= 15 is 0 Å². The first-order valence-electron chi connectivity index (χ1n) is 6.92. The van der Waals surface area contributed by atoms with Crippen LogP contribution in [0.3, 0.4) is 0 Å². The minimum Gasteiger partial charge on any atom is -0.483 e. The molecule has 1 unspecified atom stereocenters. The minimum atomic E-state index is -0.662. The van der Waals surface area contributed by atoms with Crippen molar-refractivity contribution in [1.82, 2.24) is 5.32 Å². The van der Waals surface area contributed by atoms with Gasteiger partial charge < -0.3 is 14.8 Å². The van der Waals surface area contributed by atoms with Crippen LogP contribution in [0.1, 0.15) is 25.0 Å². The van der Waals surface area contributed by atoms with Crippen LogP contribution in [0.5, 0.6) is 5.75 Å². The third-order valence-corrected chi connectivity index (χ3v) is 3.14. The molecule has 0 aliphatic heterocycles. The second kappa shape index (κ2) is 7.67. The molecule has 1 amide bonds. The van der Waals surface area contributed by atoms with Crippen molar-refractivity contribution < 1.29 is 19.1 Å². The number of benzene rings is 1. The number of carbonyl (C=O) groups excluding carboxylic acids is 2. The number of rotatable bonds is 6. The molecule has 0 fully saturated rings. The molecule has 0 saturated heterocycles. The molecule has 1 atom stereocenters. The second-order valence-electron chi connectivity index (χ2n) is 5.37. The molecule has 1 aromatic rings. The van der Waals surface area contributed by atoms with E-state index in [0.717, 1.165) is 11.1 Å². The lowest BCUT2D eigenvalue weighted by molar-refractivity contribution is -0.146. The van der Waals surface area contributed by atoms with Crippen LogP contribution in [0.4, 0.5) is 0 Å². The zero-order valence-electron chi connectivity index (χ0n) is 13.2. The summed E-state index contributed by atoms with van der Waals surface area (Å²) in [4.78, 5) is 23.5. The summed E-state index contributed by atoms with van der Waals surface area (Å²) in [5.41, 5.74) is 2.02. The number of carbonyl (C=O) groups is 2. The van der Waals surface area contributed by atoms with Crippen LogP contribution in [0.15, 0.2) is 18.2 Å². The van der Waals surface area contributed by atoms with Crippen molar-refractivity contribution in [2.24, 2.45) is 5.92 Å². The maximum absolute atomic E-state index is 11.9. The quantitative estimate of drug-likeness (QED) is 0.815. The van der Waals surface area contributed by atoms with Crippen molar-refractivity contribution in [1.29, 1.82) is 0 Å². The van der Waals surface area contributed by atoms with Gasteiger partial charge >= 0.3 is 5.97 Å². The molecule has 1 rings (SSSR count). The van der Waals surface area contributed by atoms with E-state index in [9.17, 15) is 9.59 Å². The van der Waals surface area contributed by atoms with Gasteiger partial charge in [0.25, 0.3) is 5.91 Å². The maximum atomic E-state index is 11.9. The predicted octanol–water partition coefficient (Wildman–Crippen LogP) is 2.00. The number of esters is 1. The highest BCUT2D eigenvalue weighted by Crippen LogP contribution is 2.18. The summed E-state index contributed by atoms with van der Waals surface area (Å²) < 4.78 is 10.2. The molecule has 5 heteroatoms. The van der Waals surface area contributed by atoms with Gasteiger partial charge in [-0.1, -0.05) is 26.0 Å². The average molecular weight is 293 g/mol. The van der Waals surface area contributed by atoms with E-state index in [0.29, 0.717) is 5.75 Å². The summed E-state index contributed by atoms with van der Waals surface area (Å²) in [6.07, 6.45) is 0. The summed E-state index contributed by atoms with van der Waals surface area (Å²) in [5, 5.41) is 2.63.